The SMILES string of the molecule is CCC(=O)O[C@@H]1[C@H](OC(=O)CC)C(C(C)C(=O)O)OC[C@H]1OC(=O)CC. The first-order valence-electron chi connectivity index (χ1n) is 8.67. The van der Waals surface area contributed by atoms with Gasteiger partial charge in [-0.1, -0.05) is 20.8 Å². The highest BCUT2D eigenvalue weighted by Gasteiger charge is 2.50. The normalized spacial score (nSPS) is 26.5. The molecular formula is C17H26O9. The average Bonchev–Trinajstić information content (AvgIpc) is 2.62. The van der Waals surface area contributed by atoms with E-state index in [0.717, 1.165) is 0 Å². The molecule has 9 heteroatoms. The van der Waals surface area contributed by atoms with Gasteiger partial charge in [0.25, 0.3) is 0 Å². The Labute approximate surface area is 151 Å². The van der Waals surface area contributed by atoms with Crippen LogP contribution in [0.1, 0.15) is 47.0 Å². The predicted octanol–water partition coefficient (Wildman–Crippen LogP) is 1.07. The van der Waals surface area contributed by atoms with E-state index in [2.05, 4.69) is 0 Å². The zero-order valence-corrected chi connectivity index (χ0v) is 15.4. The largest absolute Gasteiger partial charge is 0.481 e. The molecule has 0 aromatic carbocycles. The molecule has 0 aromatic heterocycles. The standard InChI is InChI=1S/C17H26O9/c1-5-11(18)24-10-8-23-14(9(4)17(21)22)16(26-13(20)7-3)15(10)25-12(19)6-2/h9-10,14-16H,5-8H2,1-4H3,(H,21,22)/t9?,10-,14?,15+,16-/m1/s1. The summed E-state index contributed by atoms with van der Waals surface area (Å²) in [6.07, 6.45) is -4.20. The van der Waals surface area contributed by atoms with E-state index in [0.29, 0.717) is 0 Å². The van der Waals surface area contributed by atoms with E-state index in [1.165, 1.54) is 6.92 Å². The van der Waals surface area contributed by atoms with Gasteiger partial charge in [0.2, 0.25) is 0 Å². The number of aliphatic carboxylic acids is 1. The Morgan fingerprint density at radius 2 is 1.38 bits per heavy atom. The van der Waals surface area contributed by atoms with Crippen molar-refractivity contribution in [3.63, 3.8) is 0 Å². The van der Waals surface area contributed by atoms with Gasteiger partial charge in [0, 0.05) is 19.3 Å². The summed E-state index contributed by atoms with van der Waals surface area (Å²) in [5.74, 6) is -3.93. The number of ether oxygens (including phenoxy) is 4. The molecule has 0 spiro atoms. The highest BCUT2D eigenvalue weighted by Crippen LogP contribution is 2.29. The molecule has 1 aliphatic rings. The summed E-state index contributed by atoms with van der Waals surface area (Å²) in [6, 6.07) is 0. The molecule has 0 aliphatic carbocycles. The third kappa shape index (κ3) is 5.69. The maximum Gasteiger partial charge on any atom is 0.309 e. The summed E-state index contributed by atoms with van der Waals surface area (Å²) >= 11 is 0. The van der Waals surface area contributed by atoms with Crippen molar-refractivity contribution in [2.45, 2.75) is 71.4 Å². The van der Waals surface area contributed by atoms with Gasteiger partial charge < -0.3 is 24.1 Å². The van der Waals surface area contributed by atoms with Gasteiger partial charge in [-0.25, -0.2) is 0 Å². The predicted molar refractivity (Wildman–Crippen MR) is 87.1 cm³/mol. The summed E-state index contributed by atoms with van der Waals surface area (Å²) in [7, 11) is 0. The summed E-state index contributed by atoms with van der Waals surface area (Å²) in [4.78, 5) is 46.7. The molecule has 148 valence electrons. The molecule has 9 nitrogen and oxygen atoms in total. The van der Waals surface area contributed by atoms with Crippen molar-refractivity contribution in [3.8, 4) is 0 Å². The third-order valence-electron chi connectivity index (χ3n) is 4.03. The molecule has 1 saturated heterocycles. The monoisotopic (exact) mass is 374 g/mol. The fraction of sp³-hybridized carbons (Fsp3) is 0.765. The van der Waals surface area contributed by atoms with Gasteiger partial charge in [-0.05, 0) is 6.92 Å². The Bertz CT molecular complexity index is 530. The summed E-state index contributed by atoms with van der Waals surface area (Å²) in [6.45, 7) is 5.98. The van der Waals surface area contributed by atoms with Gasteiger partial charge in [0.15, 0.2) is 18.3 Å². The van der Waals surface area contributed by atoms with Crippen molar-refractivity contribution < 1.29 is 43.2 Å². The van der Waals surface area contributed by atoms with Gasteiger partial charge in [-0.3, -0.25) is 19.2 Å². The number of carbonyl (C=O) groups excluding carboxylic acids is 3. The van der Waals surface area contributed by atoms with Crippen molar-refractivity contribution in [2.24, 2.45) is 5.92 Å². The first-order valence-corrected chi connectivity index (χ1v) is 8.67. The fourth-order valence-electron chi connectivity index (χ4n) is 2.46. The molecule has 0 bridgehead atoms. The number of hydrogen-bond donors (Lipinski definition) is 1. The molecule has 26 heavy (non-hydrogen) atoms. The van der Waals surface area contributed by atoms with Crippen LogP contribution in [0.5, 0.6) is 0 Å². The topological polar surface area (TPSA) is 125 Å². The molecule has 1 N–H and O–H groups in total. The maximum absolute atomic E-state index is 11.8. The van der Waals surface area contributed by atoms with Crippen LogP contribution in [-0.4, -0.2) is 60.0 Å². The van der Waals surface area contributed by atoms with Crippen molar-refractivity contribution in [2.75, 3.05) is 6.61 Å². The van der Waals surface area contributed by atoms with Crippen LogP contribution in [0.2, 0.25) is 0 Å². The van der Waals surface area contributed by atoms with Crippen LogP contribution >= 0.6 is 0 Å². The van der Waals surface area contributed by atoms with E-state index < -0.39 is 54.2 Å². The number of carboxylic acid groups (broad SMARTS) is 1. The molecule has 0 aromatic rings. The Morgan fingerprint density at radius 3 is 1.85 bits per heavy atom. The first-order chi connectivity index (χ1) is 12.2. The molecule has 1 fully saturated rings. The number of rotatable bonds is 8. The Hall–Kier alpha value is -2.16. The lowest BCUT2D eigenvalue weighted by atomic mass is 9.91. The van der Waals surface area contributed by atoms with E-state index in [4.69, 9.17) is 18.9 Å². The number of carbonyl (C=O) groups is 4. The van der Waals surface area contributed by atoms with Crippen LogP contribution in [0.4, 0.5) is 0 Å². The molecule has 1 aliphatic heterocycles. The van der Waals surface area contributed by atoms with Crippen LogP contribution in [0.15, 0.2) is 0 Å². The third-order valence-corrected chi connectivity index (χ3v) is 4.03. The molecule has 1 rings (SSSR count). The second kappa shape index (κ2) is 10.1. The van der Waals surface area contributed by atoms with E-state index in [1.54, 1.807) is 20.8 Å². The minimum atomic E-state index is -1.20. The highest BCUT2D eigenvalue weighted by molar-refractivity contribution is 5.72. The van der Waals surface area contributed by atoms with Crippen LogP contribution < -0.4 is 0 Å². The van der Waals surface area contributed by atoms with Gasteiger partial charge >= 0.3 is 23.9 Å². The van der Waals surface area contributed by atoms with E-state index in [9.17, 15) is 24.3 Å². The summed E-state index contributed by atoms with van der Waals surface area (Å²) in [5.41, 5.74) is 0. The van der Waals surface area contributed by atoms with Gasteiger partial charge in [0.1, 0.15) is 6.10 Å². The van der Waals surface area contributed by atoms with Gasteiger partial charge in [-0.2, -0.15) is 0 Å². The number of esters is 3. The molecule has 5 atom stereocenters. The van der Waals surface area contributed by atoms with Crippen LogP contribution in [-0.2, 0) is 38.1 Å². The Morgan fingerprint density at radius 1 is 0.923 bits per heavy atom. The van der Waals surface area contributed by atoms with Gasteiger partial charge in [-0.15, -0.1) is 0 Å². The van der Waals surface area contributed by atoms with Crippen LogP contribution in [0.25, 0.3) is 0 Å². The minimum absolute atomic E-state index is 0.0402. The quantitative estimate of drug-likeness (QED) is 0.490. The van der Waals surface area contributed by atoms with Crippen molar-refractivity contribution in [1.82, 2.24) is 0 Å². The maximum atomic E-state index is 11.8. The van der Waals surface area contributed by atoms with Crippen molar-refractivity contribution in [3.05, 3.63) is 0 Å². The number of carboxylic acids is 1. The lowest BCUT2D eigenvalue weighted by Gasteiger charge is -2.42. The smallest absolute Gasteiger partial charge is 0.309 e. The zero-order chi connectivity index (χ0) is 19.9. The lowest BCUT2D eigenvalue weighted by molar-refractivity contribution is -0.234. The highest BCUT2D eigenvalue weighted by atomic mass is 16.6. The minimum Gasteiger partial charge on any atom is -0.481 e. The van der Waals surface area contributed by atoms with Crippen LogP contribution in [0.3, 0.4) is 0 Å². The van der Waals surface area contributed by atoms with Crippen molar-refractivity contribution in [1.29, 1.82) is 0 Å². The first kappa shape index (κ1) is 21.9. The molecule has 2 unspecified atom stereocenters. The van der Waals surface area contributed by atoms with E-state index >= 15 is 0 Å². The second-order valence-electron chi connectivity index (χ2n) is 5.92. The van der Waals surface area contributed by atoms with Crippen molar-refractivity contribution >= 4 is 23.9 Å². The summed E-state index contributed by atoms with van der Waals surface area (Å²) in [5, 5.41) is 9.29. The average molecular weight is 374 g/mol. The van der Waals surface area contributed by atoms with E-state index in [1.807, 2.05) is 0 Å². The lowest BCUT2D eigenvalue weighted by Crippen LogP contribution is -2.60. The molecule has 0 radical (unpaired) electrons. The molecular weight excluding hydrogens is 348 g/mol. The fourth-order valence-corrected chi connectivity index (χ4v) is 2.46. The zero-order valence-electron chi connectivity index (χ0n) is 15.4. The number of hydrogen-bond acceptors (Lipinski definition) is 8. The molecule has 0 amide bonds. The molecule has 1 heterocycles. The van der Waals surface area contributed by atoms with Crippen LogP contribution in [0, 0.1) is 5.92 Å². The van der Waals surface area contributed by atoms with Gasteiger partial charge in [0.05, 0.1) is 12.5 Å². The second-order valence-corrected chi connectivity index (χ2v) is 5.92. The Balaban J connectivity index is 3.19. The van der Waals surface area contributed by atoms with E-state index in [-0.39, 0.29) is 25.9 Å². The molecule has 0 saturated carbocycles. The summed E-state index contributed by atoms with van der Waals surface area (Å²) < 4.78 is 21.5. The Kier molecular flexibility index (Phi) is 8.50.